The number of imidazole rings is 1. The number of para-hydroxylation sites is 2. The van der Waals surface area contributed by atoms with Gasteiger partial charge in [0.05, 0.1) is 17.5 Å². The van der Waals surface area contributed by atoms with Gasteiger partial charge in [-0.2, -0.15) is 0 Å². The molecule has 0 saturated heterocycles. The number of benzene rings is 1. The predicted octanol–water partition coefficient (Wildman–Crippen LogP) is 1.69. The zero-order valence-corrected chi connectivity index (χ0v) is 9.47. The molecule has 0 fully saturated rings. The van der Waals surface area contributed by atoms with E-state index in [1.54, 1.807) is 0 Å². The van der Waals surface area contributed by atoms with Gasteiger partial charge < -0.3 is 9.67 Å². The number of rotatable bonds is 2. The molecule has 4 heteroatoms. The minimum absolute atomic E-state index is 0.356. The summed E-state index contributed by atoms with van der Waals surface area (Å²) in [5.74, 6) is 4.41. The first kappa shape index (κ1) is 11.2. The highest BCUT2D eigenvalue weighted by Gasteiger charge is 2.07. The molecule has 0 spiro atoms. The molecule has 1 aromatic heterocycles. The molecule has 2 aromatic rings. The number of fused-ring (bicyclic) bond motifs is 1. The van der Waals surface area contributed by atoms with Crippen LogP contribution in [-0.4, -0.2) is 20.6 Å². The van der Waals surface area contributed by atoms with Crippen LogP contribution in [0.2, 0.25) is 0 Å². The van der Waals surface area contributed by atoms with E-state index in [2.05, 4.69) is 16.8 Å². The maximum Gasteiger partial charge on any atom is 0.381 e. The molecule has 0 radical (unpaired) electrons. The molecule has 0 aliphatic rings. The van der Waals surface area contributed by atoms with Crippen molar-refractivity contribution in [2.24, 2.45) is 0 Å². The SMILES string of the molecule is CCn1c(CC#CC(=O)O)nc2ccccc21. The van der Waals surface area contributed by atoms with Gasteiger partial charge in [-0.3, -0.25) is 0 Å². The number of hydrogen-bond acceptors (Lipinski definition) is 2. The van der Waals surface area contributed by atoms with E-state index in [1.807, 2.05) is 35.8 Å². The summed E-state index contributed by atoms with van der Waals surface area (Å²) in [6.45, 7) is 2.83. The summed E-state index contributed by atoms with van der Waals surface area (Å²) in [4.78, 5) is 14.8. The van der Waals surface area contributed by atoms with Crippen molar-refractivity contribution in [2.45, 2.75) is 19.9 Å². The number of carbonyl (C=O) groups is 1. The molecular weight excluding hydrogens is 216 g/mol. The standard InChI is InChI=1S/C13H12N2O2/c1-2-15-11-7-4-3-6-10(11)14-12(15)8-5-9-13(16)17/h3-4,6-7H,2,8H2,1H3,(H,16,17). The summed E-state index contributed by atoms with van der Waals surface area (Å²) in [6, 6.07) is 7.83. The van der Waals surface area contributed by atoms with Gasteiger partial charge in [0.15, 0.2) is 0 Å². The maximum absolute atomic E-state index is 10.3. The molecule has 1 aromatic carbocycles. The number of aliphatic carboxylic acids is 1. The lowest BCUT2D eigenvalue weighted by atomic mass is 10.3. The first-order valence-corrected chi connectivity index (χ1v) is 5.38. The number of aryl methyl sites for hydroxylation is 1. The van der Waals surface area contributed by atoms with Gasteiger partial charge in [-0.15, -0.1) is 0 Å². The van der Waals surface area contributed by atoms with Crippen LogP contribution in [-0.2, 0) is 17.8 Å². The van der Waals surface area contributed by atoms with Gasteiger partial charge >= 0.3 is 5.97 Å². The third-order valence-corrected chi connectivity index (χ3v) is 2.49. The van der Waals surface area contributed by atoms with Gasteiger partial charge in [-0.25, -0.2) is 9.78 Å². The van der Waals surface area contributed by atoms with Gasteiger partial charge in [0.25, 0.3) is 0 Å². The molecule has 0 aliphatic heterocycles. The number of carboxylic acids is 1. The minimum atomic E-state index is -1.11. The molecule has 4 nitrogen and oxygen atoms in total. The Morgan fingerprint density at radius 3 is 2.94 bits per heavy atom. The number of carboxylic acid groups (broad SMARTS) is 1. The van der Waals surface area contributed by atoms with Crippen LogP contribution in [0.3, 0.4) is 0 Å². The Bertz CT molecular complexity index is 617. The second kappa shape index (κ2) is 4.71. The summed E-state index contributed by atoms with van der Waals surface area (Å²) in [5.41, 5.74) is 1.98. The van der Waals surface area contributed by atoms with Crippen LogP contribution >= 0.6 is 0 Å². The normalized spacial score (nSPS) is 9.94. The van der Waals surface area contributed by atoms with E-state index in [-0.39, 0.29) is 0 Å². The third kappa shape index (κ3) is 2.28. The second-order valence-electron chi connectivity index (χ2n) is 3.54. The summed E-state index contributed by atoms with van der Waals surface area (Å²) in [5, 5.41) is 8.46. The van der Waals surface area contributed by atoms with Crippen molar-refractivity contribution in [1.29, 1.82) is 0 Å². The Labute approximate surface area is 98.9 Å². The van der Waals surface area contributed by atoms with Crippen LogP contribution in [0.1, 0.15) is 12.7 Å². The molecular formula is C13H12N2O2. The van der Waals surface area contributed by atoms with Crippen molar-refractivity contribution in [1.82, 2.24) is 9.55 Å². The van der Waals surface area contributed by atoms with Gasteiger partial charge in [-0.05, 0) is 19.1 Å². The smallest absolute Gasteiger partial charge is 0.381 e. The predicted molar refractivity (Wildman–Crippen MR) is 64.5 cm³/mol. The van der Waals surface area contributed by atoms with Crippen LogP contribution < -0.4 is 0 Å². The zero-order valence-electron chi connectivity index (χ0n) is 9.47. The number of aromatic nitrogens is 2. The molecule has 0 saturated carbocycles. The highest BCUT2D eigenvalue weighted by Crippen LogP contribution is 2.15. The lowest BCUT2D eigenvalue weighted by Crippen LogP contribution is -2.01. The summed E-state index contributed by atoms with van der Waals surface area (Å²) < 4.78 is 2.05. The average molecular weight is 228 g/mol. The molecule has 0 aliphatic carbocycles. The van der Waals surface area contributed by atoms with E-state index in [1.165, 1.54) is 0 Å². The van der Waals surface area contributed by atoms with Crippen LogP contribution in [0.5, 0.6) is 0 Å². The van der Waals surface area contributed by atoms with Gasteiger partial charge in [0.2, 0.25) is 0 Å². The first-order valence-electron chi connectivity index (χ1n) is 5.38. The Kier molecular flexibility index (Phi) is 3.10. The van der Waals surface area contributed by atoms with E-state index in [0.29, 0.717) is 6.42 Å². The molecule has 0 bridgehead atoms. The minimum Gasteiger partial charge on any atom is -0.472 e. The van der Waals surface area contributed by atoms with Crippen LogP contribution in [0, 0.1) is 11.8 Å². The van der Waals surface area contributed by atoms with E-state index in [4.69, 9.17) is 5.11 Å². The summed E-state index contributed by atoms with van der Waals surface area (Å²) >= 11 is 0. The fraction of sp³-hybridized carbons (Fsp3) is 0.231. The molecule has 0 amide bonds. The molecule has 0 atom stereocenters. The maximum atomic E-state index is 10.3. The number of nitrogens with zero attached hydrogens (tertiary/aromatic N) is 2. The Hall–Kier alpha value is -2.28. The Morgan fingerprint density at radius 2 is 2.24 bits per heavy atom. The van der Waals surface area contributed by atoms with Crippen LogP contribution in [0.15, 0.2) is 24.3 Å². The fourth-order valence-electron chi connectivity index (χ4n) is 1.81. The quantitative estimate of drug-likeness (QED) is 0.796. The molecule has 1 N–H and O–H groups in total. The molecule has 17 heavy (non-hydrogen) atoms. The molecule has 2 rings (SSSR count). The highest BCUT2D eigenvalue weighted by molar-refractivity contribution is 5.86. The average Bonchev–Trinajstić information content (AvgIpc) is 2.66. The summed E-state index contributed by atoms with van der Waals surface area (Å²) in [6.07, 6.45) is 0.356. The van der Waals surface area contributed by atoms with Crippen LogP contribution in [0.25, 0.3) is 11.0 Å². The van der Waals surface area contributed by atoms with Crippen LogP contribution in [0.4, 0.5) is 0 Å². The monoisotopic (exact) mass is 228 g/mol. The number of hydrogen-bond donors (Lipinski definition) is 1. The second-order valence-corrected chi connectivity index (χ2v) is 3.54. The largest absolute Gasteiger partial charge is 0.472 e. The summed E-state index contributed by atoms with van der Waals surface area (Å²) in [7, 11) is 0. The van der Waals surface area contributed by atoms with Crippen molar-refractivity contribution < 1.29 is 9.90 Å². The molecule has 1 heterocycles. The van der Waals surface area contributed by atoms with E-state index >= 15 is 0 Å². The van der Waals surface area contributed by atoms with Gasteiger partial charge in [0.1, 0.15) is 5.82 Å². The van der Waals surface area contributed by atoms with E-state index < -0.39 is 5.97 Å². The van der Waals surface area contributed by atoms with E-state index in [9.17, 15) is 4.79 Å². The highest BCUT2D eigenvalue weighted by atomic mass is 16.4. The Morgan fingerprint density at radius 1 is 1.47 bits per heavy atom. The van der Waals surface area contributed by atoms with Gasteiger partial charge in [-0.1, -0.05) is 18.1 Å². The van der Waals surface area contributed by atoms with Crippen molar-refractivity contribution in [3.63, 3.8) is 0 Å². The lowest BCUT2D eigenvalue weighted by Gasteiger charge is -2.02. The van der Waals surface area contributed by atoms with Crippen molar-refractivity contribution in [2.75, 3.05) is 0 Å². The molecule has 0 unspecified atom stereocenters. The fourth-order valence-corrected chi connectivity index (χ4v) is 1.81. The van der Waals surface area contributed by atoms with Crippen molar-refractivity contribution in [3.05, 3.63) is 30.1 Å². The first-order chi connectivity index (χ1) is 8.22. The topological polar surface area (TPSA) is 55.1 Å². The zero-order chi connectivity index (χ0) is 12.3. The third-order valence-electron chi connectivity index (χ3n) is 2.49. The lowest BCUT2D eigenvalue weighted by molar-refractivity contribution is -0.130. The molecule has 86 valence electrons. The van der Waals surface area contributed by atoms with Crippen molar-refractivity contribution in [3.8, 4) is 11.8 Å². The van der Waals surface area contributed by atoms with E-state index in [0.717, 1.165) is 23.4 Å². The Balaban J connectivity index is 2.41. The van der Waals surface area contributed by atoms with Gasteiger partial charge in [0, 0.05) is 12.5 Å². The van der Waals surface area contributed by atoms with Crippen molar-refractivity contribution >= 4 is 17.0 Å².